The molecule has 76 valence electrons. The molecule has 0 spiro atoms. The van der Waals surface area contributed by atoms with Gasteiger partial charge >= 0.3 is 0 Å². The highest BCUT2D eigenvalue weighted by molar-refractivity contribution is 9.51. The van der Waals surface area contributed by atoms with Gasteiger partial charge in [0.25, 0.3) is 0 Å². The molecule has 2 fully saturated rings. The Labute approximate surface area is 98.0 Å². The van der Waals surface area contributed by atoms with E-state index in [-0.39, 0.29) is 0 Å². The van der Waals surface area contributed by atoms with E-state index in [1.54, 1.807) is 0 Å². The highest BCUT2D eigenvalue weighted by Crippen LogP contribution is 2.55. The van der Waals surface area contributed by atoms with E-state index in [1.807, 2.05) is 0 Å². The van der Waals surface area contributed by atoms with Crippen LogP contribution in [0.5, 0.6) is 0 Å². The van der Waals surface area contributed by atoms with Crippen molar-refractivity contribution in [1.29, 1.82) is 0 Å². The Bertz CT molecular complexity index is 152. The maximum absolute atomic E-state index is 4.09. The molecule has 3 heteroatoms. The first kappa shape index (κ1) is 10.7. The Balaban J connectivity index is 1.99. The summed E-state index contributed by atoms with van der Waals surface area (Å²) in [7, 11) is 0. The van der Waals surface area contributed by atoms with Crippen LogP contribution in [-0.2, 0) is 0 Å². The molecule has 2 aliphatic carbocycles. The number of halogens is 2. The fourth-order valence-corrected chi connectivity index (χ4v) is 11.5. The molecule has 0 heterocycles. The topological polar surface area (TPSA) is 0 Å². The van der Waals surface area contributed by atoms with Gasteiger partial charge in [0.05, 0.1) is 0 Å². The van der Waals surface area contributed by atoms with Crippen LogP contribution in [-0.4, -0.2) is 5.31 Å². The molecule has 0 atom stereocenters. The summed E-state index contributed by atoms with van der Waals surface area (Å²) in [6.07, 6.45) is 11.8. The molecule has 0 aliphatic heterocycles. The van der Waals surface area contributed by atoms with Crippen molar-refractivity contribution in [2.45, 2.75) is 62.4 Å². The van der Waals surface area contributed by atoms with E-state index in [0.29, 0.717) is 0 Å². The molecule has 0 N–H and O–H groups in total. The fourth-order valence-electron chi connectivity index (χ4n) is 2.95. The highest BCUT2D eigenvalue weighted by Gasteiger charge is 2.45. The van der Waals surface area contributed by atoms with Crippen molar-refractivity contribution in [1.82, 2.24) is 0 Å². The van der Waals surface area contributed by atoms with E-state index >= 15 is 0 Å². The van der Waals surface area contributed by atoms with Crippen molar-refractivity contribution < 1.29 is 0 Å². The third-order valence-corrected chi connectivity index (χ3v) is 14.9. The van der Waals surface area contributed by atoms with Gasteiger partial charge in [0.1, 0.15) is 0 Å². The Kier molecular flexibility index (Phi) is 3.58. The van der Waals surface area contributed by atoms with Crippen LogP contribution in [0.3, 0.4) is 0 Å². The van der Waals surface area contributed by atoms with Gasteiger partial charge in [-0.25, -0.2) is 0 Å². The third kappa shape index (κ3) is 2.23. The van der Waals surface area contributed by atoms with Gasteiger partial charge in [-0.05, 0) is 11.1 Å². The lowest BCUT2D eigenvalue weighted by Gasteiger charge is -2.30. The third-order valence-electron chi connectivity index (χ3n) is 3.80. The second-order valence-electron chi connectivity index (χ2n) is 4.64. The first-order valence-corrected chi connectivity index (χ1v) is 12.3. The molecule has 0 radical (unpaired) electrons. The van der Waals surface area contributed by atoms with Crippen LogP contribution in [0.4, 0.5) is 0 Å². The maximum atomic E-state index is 4.09. The van der Waals surface area contributed by atoms with Gasteiger partial charge in [-0.1, -0.05) is 51.4 Å². The van der Waals surface area contributed by atoms with Crippen molar-refractivity contribution in [3.8, 4) is 0 Å². The van der Waals surface area contributed by atoms with E-state index in [9.17, 15) is 0 Å². The zero-order valence-corrected chi connectivity index (χ0v) is 12.2. The van der Waals surface area contributed by atoms with Crippen LogP contribution in [0.15, 0.2) is 0 Å². The molecule has 2 aliphatic rings. The summed E-state index contributed by atoms with van der Waals surface area (Å²) in [6.45, 7) is 0. The van der Waals surface area contributed by atoms with E-state index in [4.69, 9.17) is 0 Å². The quantitative estimate of drug-likeness (QED) is 0.489. The van der Waals surface area contributed by atoms with Gasteiger partial charge in [-0.15, -0.1) is 30.6 Å². The predicted octanol–water partition coefficient (Wildman–Crippen LogP) is 5.11. The van der Waals surface area contributed by atoms with Crippen LogP contribution in [0, 0.1) is 0 Å². The van der Waals surface area contributed by atoms with Gasteiger partial charge in [0, 0.05) is 0 Å². The summed E-state index contributed by atoms with van der Waals surface area (Å²) in [5.74, 6) is 0. The normalized spacial score (nSPS) is 27.2. The molecule has 0 unspecified atom stereocenters. The molecule has 2 rings (SSSR count). The highest BCUT2D eigenvalue weighted by atomic mass is 79.9. The van der Waals surface area contributed by atoms with Gasteiger partial charge in [0.15, 0.2) is 0 Å². The van der Waals surface area contributed by atoms with Crippen molar-refractivity contribution in [3.63, 3.8) is 0 Å². The van der Waals surface area contributed by atoms with Crippen molar-refractivity contribution >= 4 is 35.9 Å². The fraction of sp³-hybridized carbons (Fsp3) is 1.00. The smallest absolute Gasteiger partial charge is 0.110 e. The lowest BCUT2D eigenvalue weighted by molar-refractivity contribution is 0.787. The number of rotatable bonds is 2. The Morgan fingerprint density at radius 1 is 0.692 bits per heavy atom. The minimum Gasteiger partial charge on any atom is -0.110 e. The zero-order chi connectivity index (χ0) is 9.31. The van der Waals surface area contributed by atoms with E-state index < -0.39 is 5.31 Å². The predicted molar refractivity (Wildman–Crippen MR) is 68.0 cm³/mol. The molecule has 0 amide bonds. The van der Waals surface area contributed by atoms with Crippen LogP contribution in [0.25, 0.3) is 0 Å². The standard InChI is InChI=1S/C10H18Br2Si/c11-13(12,9-5-1-2-6-9)10-7-3-4-8-10/h9-10H,1-8H2. The molecule has 13 heavy (non-hydrogen) atoms. The summed E-state index contributed by atoms with van der Waals surface area (Å²) in [6, 6.07) is 0. The average Bonchev–Trinajstić information content (AvgIpc) is 2.78. The monoisotopic (exact) mass is 324 g/mol. The largest absolute Gasteiger partial charge is 0.207 e. The van der Waals surface area contributed by atoms with Gasteiger partial charge in [-0.2, -0.15) is 0 Å². The second-order valence-corrected chi connectivity index (χ2v) is 18.7. The molecule has 2 saturated carbocycles. The number of hydrogen-bond acceptors (Lipinski definition) is 0. The van der Waals surface area contributed by atoms with Crippen LogP contribution < -0.4 is 0 Å². The Morgan fingerprint density at radius 2 is 1.00 bits per heavy atom. The maximum Gasteiger partial charge on any atom is 0.207 e. The van der Waals surface area contributed by atoms with Crippen LogP contribution >= 0.6 is 30.6 Å². The molecule has 0 aromatic carbocycles. The van der Waals surface area contributed by atoms with Crippen molar-refractivity contribution in [2.75, 3.05) is 0 Å². The van der Waals surface area contributed by atoms with Gasteiger partial charge < -0.3 is 0 Å². The van der Waals surface area contributed by atoms with Crippen molar-refractivity contribution in [2.24, 2.45) is 0 Å². The first-order chi connectivity index (χ1) is 6.21. The summed E-state index contributed by atoms with van der Waals surface area (Å²) in [4.78, 5) is 0. The van der Waals surface area contributed by atoms with Crippen LogP contribution in [0.2, 0.25) is 11.1 Å². The molecule has 0 nitrogen and oxygen atoms in total. The minimum atomic E-state index is -1.21. The summed E-state index contributed by atoms with van der Waals surface area (Å²) in [5, 5.41) is -1.21. The van der Waals surface area contributed by atoms with E-state index in [2.05, 4.69) is 30.6 Å². The minimum absolute atomic E-state index is 1.02. The molecular weight excluding hydrogens is 308 g/mol. The molecule has 0 aromatic heterocycles. The lowest BCUT2D eigenvalue weighted by Crippen LogP contribution is -2.29. The Hall–Kier alpha value is 1.18. The SMILES string of the molecule is Br[Si](Br)(C1CCCC1)C1CCCC1. The lowest BCUT2D eigenvalue weighted by atomic mass is 10.3. The summed E-state index contributed by atoms with van der Waals surface area (Å²) in [5.41, 5.74) is 2.05. The Morgan fingerprint density at radius 3 is 1.31 bits per heavy atom. The van der Waals surface area contributed by atoms with Crippen molar-refractivity contribution in [3.05, 3.63) is 0 Å². The summed E-state index contributed by atoms with van der Waals surface area (Å²) >= 11 is 8.18. The van der Waals surface area contributed by atoms with Crippen LogP contribution in [0.1, 0.15) is 51.4 Å². The molecular formula is C10H18Br2Si. The van der Waals surface area contributed by atoms with E-state index in [0.717, 1.165) is 11.1 Å². The molecule has 0 saturated heterocycles. The first-order valence-electron chi connectivity index (χ1n) is 5.59. The summed E-state index contributed by atoms with van der Waals surface area (Å²) < 4.78 is 0. The van der Waals surface area contributed by atoms with Gasteiger partial charge in [-0.3, -0.25) is 0 Å². The second kappa shape index (κ2) is 4.36. The van der Waals surface area contributed by atoms with E-state index in [1.165, 1.54) is 51.4 Å². The van der Waals surface area contributed by atoms with Gasteiger partial charge in [0.2, 0.25) is 5.31 Å². The molecule has 0 bridgehead atoms. The number of hydrogen-bond donors (Lipinski definition) is 0. The average molecular weight is 326 g/mol. The molecule has 0 aromatic rings. The zero-order valence-electron chi connectivity index (χ0n) is 8.07.